The molecule has 0 aromatic heterocycles. The van der Waals surface area contributed by atoms with Gasteiger partial charge < -0.3 is 9.58 Å². The highest BCUT2D eigenvalue weighted by molar-refractivity contribution is 6.31. The van der Waals surface area contributed by atoms with Gasteiger partial charge in [0, 0.05) is 10.6 Å². The van der Waals surface area contributed by atoms with Gasteiger partial charge >= 0.3 is 5.97 Å². The van der Waals surface area contributed by atoms with Gasteiger partial charge in [0.2, 0.25) is 0 Å². The Bertz CT molecular complexity index is 493. The second-order valence-electron chi connectivity index (χ2n) is 3.94. The number of esters is 1. The van der Waals surface area contributed by atoms with E-state index in [2.05, 4.69) is 4.85 Å². The Labute approximate surface area is 105 Å². The van der Waals surface area contributed by atoms with Gasteiger partial charge in [-0.15, -0.1) is 0 Å². The molecule has 1 aromatic carbocycles. The third-order valence-electron chi connectivity index (χ3n) is 3.01. The summed E-state index contributed by atoms with van der Waals surface area (Å²) < 4.78 is 5.00. The van der Waals surface area contributed by atoms with Crippen LogP contribution in [0.25, 0.3) is 4.85 Å². The number of benzene rings is 1. The van der Waals surface area contributed by atoms with Crippen molar-refractivity contribution in [3.05, 3.63) is 45.8 Å². The van der Waals surface area contributed by atoms with Gasteiger partial charge in [-0.05, 0) is 25.0 Å². The second kappa shape index (κ2) is 4.77. The van der Waals surface area contributed by atoms with Gasteiger partial charge in [0.05, 0.1) is 6.61 Å². The van der Waals surface area contributed by atoms with E-state index in [9.17, 15) is 4.79 Å². The highest BCUT2D eigenvalue weighted by Crippen LogP contribution is 2.42. The van der Waals surface area contributed by atoms with Gasteiger partial charge in [0.1, 0.15) is 5.92 Å². The van der Waals surface area contributed by atoms with Crippen molar-refractivity contribution >= 4 is 17.6 Å². The highest BCUT2D eigenvalue weighted by atomic mass is 35.5. The van der Waals surface area contributed by atoms with Gasteiger partial charge in [-0.25, -0.2) is 6.57 Å². The van der Waals surface area contributed by atoms with Gasteiger partial charge in [0.25, 0.3) is 6.04 Å². The molecule has 2 atom stereocenters. The van der Waals surface area contributed by atoms with Crippen molar-refractivity contribution in [3.8, 4) is 0 Å². The molecule has 0 radical (unpaired) electrons. The number of carbonyl (C=O) groups excluding carboxylic acids is 1. The quantitative estimate of drug-likeness (QED) is 0.596. The zero-order valence-electron chi connectivity index (χ0n) is 9.44. The standard InChI is InChI=1S/C13H12ClNO2/c1-3-17-13(16)10-7-9-8(12(10)15-2)5-4-6-11(9)14/h4-6,10,12H,3,7H2,1H3. The van der Waals surface area contributed by atoms with Gasteiger partial charge in [-0.3, -0.25) is 4.79 Å². The number of rotatable bonds is 2. The number of hydrogen-bond donors (Lipinski definition) is 0. The van der Waals surface area contributed by atoms with E-state index >= 15 is 0 Å². The lowest BCUT2D eigenvalue weighted by atomic mass is 10.0. The first-order valence-corrected chi connectivity index (χ1v) is 5.87. The highest BCUT2D eigenvalue weighted by Gasteiger charge is 2.43. The van der Waals surface area contributed by atoms with Crippen LogP contribution in [-0.4, -0.2) is 12.6 Å². The fourth-order valence-corrected chi connectivity index (χ4v) is 2.50. The molecule has 0 saturated carbocycles. The number of halogens is 1. The molecule has 1 aliphatic carbocycles. The summed E-state index contributed by atoms with van der Waals surface area (Å²) in [4.78, 5) is 15.3. The molecule has 88 valence electrons. The van der Waals surface area contributed by atoms with E-state index in [-0.39, 0.29) is 5.97 Å². The van der Waals surface area contributed by atoms with E-state index in [0.29, 0.717) is 18.1 Å². The Morgan fingerprint density at radius 1 is 1.65 bits per heavy atom. The van der Waals surface area contributed by atoms with E-state index < -0.39 is 12.0 Å². The molecule has 17 heavy (non-hydrogen) atoms. The number of carbonyl (C=O) groups is 1. The number of ether oxygens (including phenoxy) is 1. The average molecular weight is 250 g/mol. The van der Waals surface area contributed by atoms with Crippen molar-refractivity contribution in [1.29, 1.82) is 0 Å². The Kier molecular flexibility index (Phi) is 3.35. The van der Waals surface area contributed by atoms with Crippen LogP contribution in [0.1, 0.15) is 24.1 Å². The summed E-state index contributed by atoms with van der Waals surface area (Å²) in [7, 11) is 0. The lowest BCUT2D eigenvalue weighted by molar-refractivity contribution is -0.148. The zero-order chi connectivity index (χ0) is 12.4. The van der Waals surface area contributed by atoms with Gasteiger partial charge in [-0.2, -0.15) is 0 Å². The summed E-state index contributed by atoms with van der Waals surface area (Å²) in [6.45, 7) is 9.33. The summed E-state index contributed by atoms with van der Waals surface area (Å²) in [6, 6.07) is 5.01. The van der Waals surface area contributed by atoms with E-state index in [1.165, 1.54) is 0 Å². The summed E-state index contributed by atoms with van der Waals surface area (Å²) >= 11 is 6.08. The van der Waals surface area contributed by atoms with Crippen molar-refractivity contribution in [2.24, 2.45) is 5.92 Å². The number of nitrogens with zero attached hydrogens (tertiary/aromatic N) is 1. The maximum absolute atomic E-state index is 11.8. The Morgan fingerprint density at radius 2 is 2.41 bits per heavy atom. The summed E-state index contributed by atoms with van der Waals surface area (Å²) in [5, 5.41) is 0.628. The Hall–Kier alpha value is -1.53. The van der Waals surface area contributed by atoms with Crippen molar-refractivity contribution in [2.45, 2.75) is 19.4 Å². The molecule has 2 unspecified atom stereocenters. The summed E-state index contributed by atoms with van der Waals surface area (Å²) in [6.07, 6.45) is 0.501. The average Bonchev–Trinajstić information content (AvgIpc) is 2.69. The third kappa shape index (κ3) is 2.01. The number of fused-ring (bicyclic) bond motifs is 1. The van der Waals surface area contributed by atoms with Crippen LogP contribution in [0.4, 0.5) is 0 Å². The molecule has 0 amide bonds. The fraction of sp³-hybridized carbons (Fsp3) is 0.385. The lowest BCUT2D eigenvalue weighted by Gasteiger charge is -2.08. The predicted molar refractivity (Wildman–Crippen MR) is 64.6 cm³/mol. The minimum absolute atomic E-state index is 0.305. The molecule has 0 spiro atoms. The SMILES string of the molecule is [C-]#[N+]C1c2cccc(Cl)c2CC1C(=O)OCC. The van der Waals surface area contributed by atoms with E-state index in [1.807, 2.05) is 12.1 Å². The first-order chi connectivity index (χ1) is 8.19. The molecule has 0 fully saturated rings. The van der Waals surface area contributed by atoms with Crippen LogP contribution in [0.3, 0.4) is 0 Å². The molecule has 1 aromatic rings. The number of hydrogen-bond acceptors (Lipinski definition) is 2. The van der Waals surface area contributed by atoms with Gasteiger partial charge in [0.15, 0.2) is 0 Å². The van der Waals surface area contributed by atoms with Crippen LogP contribution in [0, 0.1) is 12.5 Å². The maximum Gasteiger partial charge on any atom is 0.317 e. The van der Waals surface area contributed by atoms with Crippen molar-refractivity contribution in [1.82, 2.24) is 0 Å². The minimum Gasteiger partial charge on any atom is -0.466 e. The molecule has 0 bridgehead atoms. The molecule has 1 aliphatic rings. The van der Waals surface area contributed by atoms with E-state index in [4.69, 9.17) is 22.9 Å². The lowest BCUT2D eigenvalue weighted by Crippen LogP contribution is -2.20. The van der Waals surface area contributed by atoms with Crippen LogP contribution in [0.2, 0.25) is 5.02 Å². The largest absolute Gasteiger partial charge is 0.466 e. The zero-order valence-corrected chi connectivity index (χ0v) is 10.2. The van der Waals surface area contributed by atoms with E-state index in [1.54, 1.807) is 13.0 Å². The van der Waals surface area contributed by atoms with Crippen molar-refractivity contribution < 1.29 is 9.53 Å². The maximum atomic E-state index is 11.8. The second-order valence-corrected chi connectivity index (χ2v) is 4.35. The summed E-state index contributed by atoms with van der Waals surface area (Å²) in [5.74, 6) is -0.719. The van der Waals surface area contributed by atoms with Crippen LogP contribution in [0.15, 0.2) is 18.2 Å². The molecular formula is C13H12ClNO2. The smallest absolute Gasteiger partial charge is 0.317 e. The topological polar surface area (TPSA) is 30.7 Å². The Balaban J connectivity index is 2.35. The normalized spacial score (nSPS) is 21.7. The third-order valence-corrected chi connectivity index (χ3v) is 3.36. The monoisotopic (exact) mass is 249 g/mol. The van der Waals surface area contributed by atoms with Crippen LogP contribution in [0.5, 0.6) is 0 Å². The molecule has 0 heterocycles. The van der Waals surface area contributed by atoms with Crippen LogP contribution >= 0.6 is 11.6 Å². The first-order valence-electron chi connectivity index (χ1n) is 5.49. The van der Waals surface area contributed by atoms with Gasteiger partial charge in [-0.1, -0.05) is 23.7 Å². The molecule has 0 N–H and O–H groups in total. The van der Waals surface area contributed by atoms with Crippen molar-refractivity contribution in [2.75, 3.05) is 6.61 Å². The molecule has 2 rings (SSSR count). The summed E-state index contributed by atoms with van der Waals surface area (Å²) in [5.41, 5.74) is 1.78. The van der Waals surface area contributed by atoms with Crippen molar-refractivity contribution in [3.63, 3.8) is 0 Å². The van der Waals surface area contributed by atoms with Crippen LogP contribution in [-0.2, 0) is 16.0 Å². The molecule has 0 saturated heterocycles. The molecular weight excluding hydrogens is 238 g/mol. The molecule has 3 nitrogen and oxygen atoms in total. The Morgan fingerprint density at radius 3 is 3.06 bits per heavy atom. The predicted octanol–water partition coefficient (Wildman–Crippen LogP) is 3.04. The first kappa shape index (κ1) is 11.9. The van der Waals surface area contributed by atoms with E-state index in [0.717, 1.165) is 11.1 Å². The van der Waals surface area contributed by atoms with Crippen LogP contribution < -0.4 is 0 Å². The molecule has 4 heteroatoms. The fourth-order valence-electron chi connectivity index (χ4n) is 2.24. The minimum atomic E-state index is -0.456. The molecule has 0 aliphatic heterocycles.